The zero-order valence-corrected chi connectivity index (χ0v) is 11.7. The Hall–Kier alpha value is -2.62. The van der Waals surface area contributed by atoms with E-state index < -0.39 is 0 Å². The van der Waals surface area contributed by atoms with Crippen molar-refractivity contribution in [3.63, 3.8) is 0 Å². The van der Waals surface area contributed by atoms with E-state index in [4.69, 9.17) is 0 Å². The predicted octanol–water partition coefficient (Wildman–Crippen LogP) is 3.15. The third-order valence-corrected chi connectivity index (χ3v) is 4.13. The Morgan fingerprint density at radius 3 is 3.00 bits per heavy atom. The van der Waals surface area contributed by atoms with Crippen LogP contribution in [0.15, 0.2) is 48.7 Å². The summed E-state index contributed by atoms with van der Waals surface area (Å²) in [5, 5.41) is 7.93. The van der Waals surface area contributed by atoms with Gasteiger partial charge < -0.3 is 4.90 Å². The number of carbonyl (C=O) groups is 1. The van der Waals surface area contributed by atoms with Crippen molar-refractivity contribution in [2.24, 2.45) is 0 Å². The van der Waals surface area contributed by atoms with Gasteiger partial charge in [-0.2, -0.15) is 5.10 Å². The molecule has 0 saturated carbocycles. The number of para-hydroxylation sites is 2. The maximum absolute atomic E-state index is 13.0. The maximum atomic E-state index is 13.0. The van der Waals surface area contributed by atoms with Crippen LogP contribution in [-0.4, -0.2) is 22.1 Å². The maximum Gasteiger partial charge on any atom is 0.260 e. The fourth-order valence-corrected chi connectivity index (χ4v) is 3.15. The Labute approximate surface area is 122 Å². The van der Waals surface area contributed by atoms with Gasteiger partial charge in [0, 0.05) is 17.1 Å². The Morgan fingerprint density at radius 1 is 1.24 bits per heavy atom. The van der Waals surface area contributed by atoms with E-state index in [2.05, 4.69) is 23.2 Å². The summed E-state index contributed by atoms with van der Waals surface area (Å²) in [7, 11) is 0. The molecule has 2 heterocycles. The average molecular weight is 277 g/mol. The zero-order valence-electron chi connectivity index (χ0n) is 11.7. The van der Waals surface area contributed by atoms with Crippen molar-refractivity contribution in [2.75, 3.05) is 4.90 Å². The summed E-state index contributed by atoms with van der Waals surface area (Å²) in [6.45, 7) is 2.09. The summed E-state index contributed by atoms with van der Waals surface area (Å²) in [5.74, 6) is 0.0299. The number of benzene rings is 2. The highest BCUT2D eigenvalue weighted by Gasteiger charge is 2.31. The van der Waals surface area contributed by atoms with Gasteiger partial charge >= 0.3 is 0 Å². The molecular formula is C17H15N3O. The average Bonchev–Trinajstić information content (AvgIpc) is 3.09. The van der Waals surface area contributed by atoms with Crippen molar-refractivity contribution in [3.05, 3.63) is 59.8 Å². The van der Waals surface area contributed by atoms with E-state index in [1.807, 2.05) is 41.3 Å². The number of hydrogen-bond acceptors (Lipinski definition) is 2. The minimum absolute atomic E-state index is 0.0299. The van der Waals surface area contributed by atoms with Crippen LogP contribution in [0.5, 0.6) is 0 Å². The molecule has 2 aromatic carbocycles. The number of aromatic nitrogens is 2. The van der Waals surface area contributed by atoms with E-state index in [-0.39, 0.29) is 11.9 Å². The number of aromatic amines is 1. The number of carbonyl (C=O) groups excluding carboxylic acids is 1. The van der Waals surface area contributed by atoms with E-state index in [1.54, 1.807) is 6.20 Å². The molecule has 4 rings (SSSR count). The van der Waals surface area contributed by atoms with Crippen LogP contribution in [-0.2, 0) is 6.42 Å². The number of amides is 1. The first-order chi connectivity index (χ1) is 10.3. The molecule has 1 atom stereocenters. The van der Waals surface area contributed by atoms with Gasteiger partial charge in [0.15, 0.2) is 0 Å². The van der Waals surface area contributed by atoms with Crippen molar-refractivity contribution < 1.29 is 4.79 Å². The molecule has 3 aromatic rings. The number of fused-ring (bicyclic) bond motifs is 2. The van der Waals surface area contributed by atoms with E-state index in [1.165, 1.54) is 5.56 Å². The molecule has 0 aliphatic carbocycles. The Balaban J connectivity index is 1.84. The molecule has 0 bridgehead atoms. The molecule has 1 aliphatic heterocycles. The zero-order chi connectivity index (χ0) is 14.4. The molecule has 21 heavy (non-hydrogen) atoms. The third-order valence-electron chi connectivity index (χ3n) is 4.13. The first-order valence-corrected chi connectivity index (χ1v) is 7.09. The SMILES string of the molecule is CC1Cc2ccccc2N1C(=O)c1cccc2cn[nH]c12. The highest BCUT2D eigenvalue weighted by Crippen LogP contribution is 2.33. The lowest BCUT2D eigenvalue weighted by atomic mass is 10.1. The van der Waals surface area contributed by atoms with Gasteiger partial charge in [-0.15, -0.1) is 0 Å². The Morgan fingerprint density at radius 2 is 2.10 bits per heavy atom. The second-order valence-electron chi connectivity index (χ2n) is 5.50. The highest BCUT2D eigenvalue weighted by molar-refractivity contribution is 6.14. The second-order valence-corrected chi connectivity index (χ2v) is 5.50. The minimum atomic E-state index is 0.0299. The lowest BCUT2D eigenvalue weighted by Crippen LogP contribution is -2.35. The van der Waals surface area contributed by atoms with Gasteiger partial charge in [0.1, 0.15) is 0 Å². The van der Waals surface area contributed by atoms with Crippen LogP contribution in [0.2, 0.25) is 0 Å². The predicted molar refractivity (Wildman–Crippen MR) is 82.5 cm³/mol. The fourth-order valence-electron chi connectivity index (χ4n) is 3.15. The number of nitrogens with one attached hydrogen (secondary N) is 1. The summed E-state index contributed by atoms with van der Waals surface area (Å²) in [4.78, 5) is 14.9. The molecule has 1 amide bonds. The van der Waals surface area contributed by atoms with Gasteiger partial charge in [-0.3, -0.25) is 9.89 Å². The molecule has 0 saturated heterocycles. The summed E-state index contributed by atoms with van der Waals surface area (Å²) in [5.41, 5.74) is 3.73. The van der Waals surface area contributed by atoms with Gasteiger partial charge in [-0.25, -0.2) is 0 Å². The van der Waals surface area contributed by atoms with Gasteiger partial charge in [0.25, 0.3) is 5.91 Å². The molecule has 0 radical (unpaired) electrons. The molecule has 1 aromatic heterocycles. The quantitative estimate of drug-likeness (QED) is 0.742. The highest BCUT2D eigenvalue weighted by atomic mass is 16.2. The van der Waals surface area contributed by atoms with Crippen molar-refractivity contribution >= 4 is 22.5 Å². The number of nitrogens with zero attached hydrogens (tertiary/aromatic N) is 2. The molecule has 4 nitrogen and oxygen atoms in total. The van der Waals surface area contributed by atoms with E-state index in [0.29, 0.717) is 5.56 Å². The molecular weight excluding hydrogens is 262 g/mol. The van der Waals surface area contributed by atoms with Crippen LogP contribution in [0.3, 0.4) is 0 Å². The first kappa shape index (κ1) is 12.1. The molecule has 1 aliphatic rings. The van der Waals surface area contributed by atoms with Gasteiger partial charge in [-0.1, -0.05) is 30.3 Å². The van der Waals surface area contributed by atoms with Gasteiger partial charge in [0.05, 0.1) is 17.3 Å². The van der Waals surface area contributed by atoms with Crippen LogP contribution in [0.1, 0.15) is 22.8 Å². The van der Waals surface area contributed by atoms with Crippen LogP contribution in [0.4, 0.5) is 5.69 Å². The van der Waals surface area contributed by atoms with Gasteiger partial charge in [-0.05, 0) is 31.0 Å². The Bertz CT molecular complexity index is 837. The van der Waals surface area contributed by atoms with Crippen molar-refractivity contribution in [1.29, 1.82) is 0 Å². The molecule has 0 fully saturated rings. The molecule has 4 heteroatoms. The smallest absolute Gasteiger partial charge is 0.260 e. The topological polar surface area (TPSA) is 49.0 Å². The number of rotatable bonds is 1. The summed E-state index contributed by atoms with van der Waals surface area (Å²) in [6.07, 6.45) is 2.65. The van der Waals surface area contributed by atoms with Crippen molar-refractivity contribution in [3.8, 4) is 0 Å². The monoisotopic (exact) mass is 277 g/mol. The molecule has 1 N–H and O–H groups in total. The summed E-state index contributed by atoms with van der Waals surface area (Å²) >= 11 is 0. The number of hydrogen-bond donors (Lipinski definition) is 1. The normalized spacial score (nSPS) is 17.2. The summed E-state index contributed by atoms with van der Waals surface area (Å²) < 4.78 is 0. The van der Waals surface area contributed by atoms with E-state index in [9.17, 15) is 4.79 Å². The minimum Gasteiger partial charge on any atom is -0.305 e. The van der Waals surface area contributed by atoms with E-state index in [0.717, 1.165) is 23.0 Å². The van der Waals surface area contributed by atoms with Crippen LogP contribution < -0.4 is 4.90 Å². The number of anilines is 1. The first-order valence-electron chi connectivity index (χ1n) is 7.09. The van der Waals surface area contributed by atoms with Crippen LogP contribution in [0, 0.1) is 0 Å². The third kappa shape index (κ3) is 1.76. The number of H-pyrrole nitrogens is 1. The van der Waals surface area contributed by atoms with Gasteiger partial charge in [0.2, 0.25) is 0 Å². The molecule has 0 spiro atoms. The standard InChI is InChI=1S/C17H15N3O/c1-11-9-12-5-2-3-8-15(12)20(11)17(21)14-7-4-6-13-10-18-19-16(13)14/h2-8,10-11H,9H2,1H3,(H,18,19). The lowest BCUT2D eigenvalue weighted by Gasteiger charge is -2.23. The van der Waals surface area contributed by atoms with Crippen molar-refractivity contribution in [1.82, 2.24) is 10.2 Å². The van der Waals surface area contributed by atoms with Crippen LogP contribution in [0.25, 0.3) is 10.9 Å². The summed E-state index contributed by atoms with van der Waals surface area (Å²) in [6, 6.07) is 14.0. The van der Waals surface area contributed by atoms with Crippen LogP contribution >= 0.6 is 0 Å². The van der Waals surface area contributed by atoms with E-state index >= 15 is 0 Å². The van der Waals surface area contributed by atoms with Crippen molar-refractivity contribution in [2.45, 2.75) is 19.4 Å². The Kier molecular flexibility index (Phi) is 2.57. The second kappa shape index (κ2) is 4.45. The lowest BCUT2D eigenvalue weighted by molar-refractivity contribution is 0.0983. The fraction of sp³-hybridized carbons (Fsp3) is 0.176. The largest absolute Gasteiger partial charge is 0.305 e. The molecule has 104 valence electrons. The molecule has 1 unspecified atom stereocenters.